The Morgan fingerprint density at radius 3 is 2.53 bits per heavy atom. The van der Waals surface area contributed by atoms with Crippen molar-refractivity contribution in [2.45, 2.75) is 39.3 Å². The predicted octanol–water partition coefficient (Wildman–Crippen LogP) is 0.184. The van der Waals surface area contributed by atoms with Gasteiger partial charge >= 0.3 is 7.12 Å². The van der Waals surface area contributed by atoms with E-state index in [0.29, 0.717) is 12.3 Å². The summed E-state index contributed by atoms with van der Waals surface area (Å²) in [6.45, 7) is 9.78. The molecule has 1 rings (SSSR count). The molecule has 1 aromatic heterocycles. The third kappa shape index (κ3) is 5.03. The SMILES string of the molecule is Cc1cn(COCC[Si](C)(C)C)nc1B(O)O. The average Bonchev–Trinajstić information content (AvgIpc) is 2.53. The Morgan fingerprint density at radius 1 is 1.41 bits per heavy atom. The molecule has 17 heavy (non-hydrogen) atoms. The third-order valence-electron chi connectivity index (χ3n) is 2.45. The maximum Gasteiger partial charge on any atom is 0.510 e. The molecular formula is C10H21BN2O3Si. The van der Waals surface area contributed by atoms with Crippen LogP contribution < -0.4 is 5.59 Å². The summed E-state index contributed by atoms with van der Waals surface area (Å²) in [7, 11) is -2.57. The van der Waals surface area contributed by atoms with Gasteiger partial charge in [0.15, 0.2) is 0 Å². The summed E-state index contributed by atoms with van der Waals surface area (Å²) in [6.07, 6.45) is 1.75. The van der Waals surface area contributed by atoms with Crippen molar-refractivity contribution in [3.8, 4) is 0 Å². The van der Waals surface area contributed by atoms with Crippen molar-refractivity contribution in [3.63, 3.8) is 0 Å². The molecule has 1 heterocycles. The van der Waals surface area contributed by atoms with Crippen LogP contribution in [0.2, 0.25) is 25.7 Å². The van der Waals surface area contributed by atoms with Gasteiger partial charge in [-0.25, -0.2) is 4.68 Å². The van der Waals surface area contributed by atoms with E-state index in [4.69, 9.17) is 14.8 Å². The van der Waals surface area contributed by atoms with Crippen LogP contribution in [0.15, 0.2) is 6.20 Å². The van der Waals surface area contributed by atoms with Gasteiger partial charge < -0.3 is 14.8 Å². The molecule has 0 fully saturated rings. The zero-order chi connectivity index (χ0) is 13.1. The maximum absolute atomic E-state index is 9.04. The van der Waals surface area contributed by atoms with Crippen LogP contribution in [-0.4, -0.2) is 41.6 Å². The van der Waals surface area contributed by atoms with Crippen molar-refractivity contribution in [2.24, 2.45) is 0 Å². The van der Waals surface area contributed by atoms with Gasteiger partial charge in [-0.2, -0.15) is 5.10 Å². The number of aromatic nitrogens is 2. The molecule has 0 atom stereocenters. The molecule has 0 radical (unpaired) electrons. The molecule has 0 aliphatic carbocycles. The van der Waals surface area contributed by atoms with Crippen LogP contribution in [-0.2, 0) is 11.5 Å². The standard InChI is InChI=1S/C10H21BN2O3Si/c1-9-7-13(12-10(9)11(14)15)8-16-5-6-17(2,3)4/h7,14-15H,5-6,8H2,1-4H3. The largest absolute Gasteiger partial charge is 0.510 e. The van der Waals surface area contributed by atoms with Gasteiger partial charge in [0.25, 0.3) is 0 Å². The van der Waals surface area contributed by atoms with E-state index in [9.17, 15) is 0 Å². The fourth-order valence-electron chi connectivity index (χ4n) is 1.39. The van der Waals surface area contributed by atoms with Crippen LogP contribution >= 0.6 is 0 Å². The number of hydrogen-bond acceptors (Lipinski definition) is 4. The van der Waals surface area contributed by atoms with Gasteiger partial charge in [-0.3, -0.25) is 0 Å². The number of hydrogen-bond donors (Lipinski definition) is 2. The second kappa shape index (κ2) is 5.81. The highest BCUT2D eigenvalue weighted by molar-refractivity contribution is 6.76. The normalized spacial score (nSPS) is 11.9. The van der Waals surface area contributed by atoms with E-state index in [2.05, 4.69) is 24.7 Å². The Labute approximate surface area is 104 Å². The Morgan fingerprint density at radius 2 is 2.06 bits per heavy atom. The van der Waals surface area contributed by atoms with Crippen molar-refractivity contribution in [2.75, 3.05) is 6.61 Å². The van der Waals surface area contributed by atoms with Crippen LogP contribution in [0.3, 0.4) is 0 Å². The first-order valence-corrected chi connectivity index (χ1v) is 9.48. The molecule has 2 N–H and O–H groups in total. The molecule has 0 saturated heterocycles. The van der Waals surface area contributed by atoms with E-state index in [1.807, 2.05) is 0 Å². The van der Waals surface area contributed by atoms with Crippen molar-refractivity contribution < 1.29 is 14.8 Å². The Hall–Kier alpha value is -0.628. The first-order chi connectivity index (χ1) is 7.79. The molecule has 0 aromatic carbocycles. The van der Waals surface area contributed by atoms with Crippen molar-refractivity contribution in [1.82, 2.24) is 9.78 Å². The van der Waals surface area contributed by atoms with E-state index in [1.165, 1.54) is 0 Å². The van der Waals surface area contributed by atoms with Crippen LogP contribution in [0.1, 0.15) is 5.56 Å². The molecule has 0 aliphatic heterocycles. The van der Waals surface area contributed by atoms with Crippen LogP contribution in [0.25, 0.3) is 0 Å². The first-order valence-electron chi connectivity index (χ1n) is 5.77. The molecule has 0 bridgehead atoms. The number of nitrogens with zero attached hydrogens (tertiary/aromatic N) is 2. The lowest BCUT2D eigenvalue weighted by Crippen LogP contribution is -2.33. The fraction of sp³-hybridized carbons (Fsp3) is 0.700. The first kappa shape index (κ1) is 14.4. The molecule has 0 saturated carbocycles. The topological polar surface area (TPSA) is 67.5 Å². The highest BCUT2D eigenvalue weighted by Gasteiger charge is 2.18. The minimum atomic E-state index is -1.52. The van der Waals surface area contributed by atoms with Crippen LogP contribution in [0, 0.1) is 6.92 Å². The smallest absolute Gasteiger partial charge is 0.422 e. The minimum Gasteiger partial charge on any atom is -0.422 e. The molecule has 5 nitrogen and oxygen atoms in total. The molecule has 0 aliphatic rings. The van der Waals surface area contributed by atoms with Gasteiger partial charge in [0.05, 0.1) is 5.59 Å². The Bertz CT molecular complexity index is 363. The number of rotatable bonds is 6. The fourth-order valence-corrected chi connectivity index (χ4v) is 2.15. The summed E-state index contributed by atoms with van der Waals surface area (Å²) in [5.74, 6) is 0. The summed E-state index contributed by atoms with van der Waals surface area (Å²) in [5, 5.41) is 22.1. The highest BCUT2D eigenvalue weighted by atomic mass is 28.3. The van der Waals surface area contributed by atoms with Gasteiger partial charge in [-0.05, 0) is 18.5 Å². The summed E-state index contributed by atoms with van der Waals surface area (Å²) in [4.78, 5) is 0. The molecular weight excluding hydrogens is 235 g/mol. The maximum atomic E-state index is 9.04. The zero-order valence-electron chi connectivity index (χ0n) is 11.0. The second-order valence-electron chi connectivity index (χ2n) is 5.46. The number of aryl methyl sites for hydroxylation is 1. The van der Waals surface area contributed by atoms with Crippen molar-refractivity contribution >= 4 is 20.8 Å². The summed E-state index contributed by atoms with van der Waals surface area (Å²) in [5.41, 5.74) is 1.05. The van der Waals surface area contributed by atoms with E-state index < -0.39 is 15.2 Å². The van der Waals surface area contributed by atoms with Crippen molar-refractivity contribution in [1.29, 1.82) is 0 Å². The van der Waals surface area contributed by atoms with Gasteiger partial charge in [0.2, 0.25) is 0 Å². The Kier molecular flexibility index (Phi) is 4.93. The van der Waals surface area contributed by atoms with Gasteiger partial charge in [-0.1, -0.05) is 19.6 Å². The van der Waals surface area contributed by atoms with Crippen LogP contribution in [0.4, 0.5) is 0 Å². The minimum absolute atomic E-state index is 0.291. The number of ether oxygens (including phenoxy) is 1. The molecule has 1 aromatic rings. The van der Waals surface area contributed by atoms with Gasteiger partial charge in [0.1, 0.15) is 6.73 Å². The second-order valence-corrected chi connectivity index (χ2v) is 11.1. The summed E-state index contributed by atoms with van der Waals surface area (Å²) < 4.78 is 7.11. The Balaban J connectivity index is 2.40. The molecule has 7 heteroatoms. The quantitative estimate of drug-likeness (QED) is 0.563. The highest BCUT2D eigenvalue weighted by Crippen LogP contribution is 2.07. The third-order valence-corrected chi connectivity index (χ3v) is 4.15. The van der Waals surface area contributed by atoms with E-state index in [1.54, 1.807) is 17.8 Å². The van der Waals surface area contributed by atoms with E-state index >= 15 is 0 Å². The lowest BCUT2D eigenvalue weighted by molar-refractivity contribution is 0.0787. The van der Waals surface area contributed by atoms with E-state index in [0.717, 1.165) is 18.2 Å². The molecule has 0 spiro atoms. The summed E-state index contributed by atoms with van der Waals surface area (Å²) in [6, 6.07) is 1.11. The predicted molar refractivity (Wildman–Crippen MR) is 70.9 cm³/mol. The lowest BCUT2D eigenvalue weighted by atomic mass is 9.84. The zero-order valence-corrected chi connectivity index (χ0v) is 12.0. The van der Waals surface area contributed by atoms with Crippen molar-refractivity contribution in [3.05, 3.63) is 11.8 Å². The molecule has 0 unspecified atom stereocenters. The molecule has 96 valence electrons. The van der Waals surface area contributed by atoms with E-state index in [-0.39, 0.29) is 0 Å². The van der Waals surface area contributed by atoms with Gasteiger partial charge in [-0.15, -0.1) is 0 Å². The van der Waals surface area contributed by atoms with Crippen LogP contribution in [0.5, 0.6) is 0 Å². The lowest BCUT2D eigenvalue weighted by Gasteiger charge is -2.15. The summed E-state index contributed by atoms with van der Waals surface area (Å²) >= 11 is 0. The van der Waals surface area contributed by atoms with Gasteiger partial charge in [0, 0.05) is 20.9 Å². The monoisotopic (exact) mass is 256 g/mol. The average molecular weight is 256 g/mol. The molecule has 0 amide bonds.